The number of carbonyl (C=O) groups is 2. The standard InChI is InChI=1S/C12H18N2O2.CH3NO2/c1-2-3-9-16-12(15)14-13-10-11-7-5-4-6-8-11;2-1(3)4/h4-8,13H,2-3,9-10H2,1H3,(H,14,15);2H2,(H,3,4). The summed E-state index contributed by atoms with van der Waals surface area (Å²) in [6, 6.07) is 9.83. The zero-order valence-electron chi connectivity index (χ0n) is 11.5. The van der Waals surface area contributed by atoms with Gasteiger partial charge in [0.2, 0.25) is 0 Å². The number of carbonyl (C=O) groups excluding carboxylic acids is 1. The number of rotatable bonds is 6. The zero-order chi connectivity index (χ0) is 15.2. The summed E-state index contributed by atoms with van der Waals surface area (Å²) < 4.78 is 4.91. The molecule has 7 nitrogen and oxygen atoms in total. The molecule has 0 atom stereocenters. The van der Waals surface area contributed by atoms with Gasteiger partial charge in [-0.2, -0.15) is 0 Å². The summed E-state index contributed by atoms with van der Waals surface area (Å²) >= 11 is 0. The van der Waals surface area contributed by atoms with E-state index < -0.39 is 12.2 Å². The number of hydrogen-bond acceptors (Lipinski definition) is 4. The Bertz CT molecular complexity index is 380. The van der Waals surface area contributed by atoms with Gasteiger partial charge in [-0.05, 0) is 12.0 Å². The number of unbranched alkanes of at least 4 members (excludes halogenated alkanes) is 1. The highest BCUT2D eigenvalue weighted by molar-refractivity contribution is 5.66. The zero-order valence-corrected chi connectivity index (χ0v) is 11.5. The van der Waals surface area contributed by atoms with E-state index >= 15 is 0 Å². The smallest absolute Gasteiger partial charge is 0.421 e. The van der Waals surface area contributed by atoms with Crippen LogP contribution >= 0.6 is 0 Å². The number of benzene rings is 1. The molecule has 0 radical (unpaired) electrons. The Morgan fingerprint density at radius 2 is 1.90 bits per heavy atom. The molecule has 1 aromatic carbocycles. The maximum atomic E-state index is 11.1. The third kappa shape index (κ3) is 12.2. The summed E-state index contributed by atoms with van der Waals surface area (Å²) in [5, 5.41) is 7.19. The molecule has 2 amide bonds. The quantitative estimate of drug-likeness (QED) is 0.470. The van der Waals surface area contributed by atoms with Crippen LogP contribution in [0.5, 0.6) is 0 Å². The van der Waals surface area contributed by atoms with Crippen LogP contribution in [0.25, 0.3) is 0 Å². The second-order valence-corrected chi connectivity index (χ2v) is 3.79. The molecule has 0 spiro atoms. The highest BCUT2D eigenvalue weighted by atomic mass is 16.6. The first-order valence-corrected chi connectivity index (χ1v) is 6.24. The maximum absolute atomic E-state index is 11.1. The number of primary amides is 1. The van der Waals surface area contributed by atoms with Gasteiger partial charge in [-0.1, -0.05) is 43.7 Å². The van der Waals surface area contributed by atoms with Gasteiger partial charge in [-0.3, -0.25) is 5.43 Å². The highest BCUT2D eigenvalue weighted by Gasteiger charge is 1.99. The van der Waals surface area contributed by atoms with Crippen molar-refractivity contribution in [3.63, 3.8) is 0 Å². The first-order valence-electron chi connectivity index (χ1n) is 6.24. The largest absolute Gasteiger partial charge is 0.465 e. The number of amides is 2. The van der Waals surface area contributed by atoms with E-state index in [1.54, 1.807) is 0 Å². The number of nitrogens with two attached hydrogens (primary N) is 1. The summed E-state index contributed by atoms with van der Waals surface area (Å²) in [7, 11) is 0. The number of nitrogens with one attached hydrogen (secondary N) is 2. The van der Waals surface area contributed by atoms with Crippen molar-refractivity contribution in [2.75, 3.05) is 6.61 Å². The Kier molecular flexibility index (Phi) is 10.4. The molecule has 112 valence electrons. The van der Waals surface area contributed by atoms with E-state index in [-0.39, 0.29) is 0 Å². The molecular weight excluding hydrogens is 262 g/mol. The number of hydrogen-bond donors (Lipinski definition) is 4. The Balaban J connectivity index is 0.000000796. The van der Waals surface area contributed by atoms with Crippen LogP contribution in [0.1, 0.15) is 25.3 Å². The summed E-state index contributed by atoms with van der Waals surface area (Å²) in [5.74, 6) is 0. The molecule has 0 bridgehead atoms. The Hall–Kier alpha value is -2.28. The van der Waals surface area contributed by atoms with Crippen molar-refractivity contribution in [1.29, 1.82) is 0 Å². The van der Waals surface area contributed by atoms with Gasteiger partial charge in [-0.25, -0.2) is 15.0 Å². The van der Waals surface area contributed by atoms with Gasteiger partial charge in [0.05, 0.1) is 6.61 Å². The van der Waals surface area contributed by atoms with Gasteiger partial charge in [0.25, 0.3) is 0 Å². The van der Waals surface area contributed by atoms with E-state index in [0.717, 1.165) is 18.4 Å². The predicted octanol–water partition coefficient (Wildman–Crippen LogP) is 1.84. The lowest BCUT2D eigenvalue weighted by molar-refractivity contribution is 0.139. The van der Waals surface area contributed by atoms with Crippen molar-refractivity contribution in [3.05, 3.63) is 35.9 Å². The van der Waals surface area contributed by atoms with E-state index in [4.69, 9.17) is 14.6 Å². The molecule has 5 N–H and O–H groups in total. The monoisotopic (exact) mass is 283 g/mol. The SMILES string of the molecule is CCCCOC(=O)NNCc1ccccc1.NC(=O)O. The van der Waals surface area contributed by atoms with Crippen molar-refractivity contribution in [3.8, 4) is 0 Å². The maximum Gasteiger partial charge on any atom is 0.421 e. The lowest BCUT2D eigenvalue weighted by Crippen LogP contribution is -2.37. The molecule has 0 saturated heterocycles. The average Bonchev–Trinajstić information content (AvgIpc) is 2.40. The molecular formula is C13H21N3O4. The molecule has 0 heterocycles. The van der Waals surface area contributed by atoms with Crippen LogP contribution in [0.15, 0.2) is 30.3 Å². The van der Waals surface area contributed by atoms with Gasteiger partial charge in [0, 0.05) is 6.54 Å². The fourth-order valence-corrected chi connectivity index (χ4v) is 1.16. The van der Waals surface area contributed by atoms with Gasteiger partial charge < -0.3 is 15.6 Å². The fourth-order valence-electron chi connectivity index (χ4n) is 1.16. The third-order valence-electron chi connectivity index (χ3n) is 2.06. The van der Waals surface area contributed by atoms with Crippen molar-refractivity contribution in [2.45, 2.75) is 26.3 Å². The normalized spacial score (nSPS) is 9.05. The molecule has 0 aliphatic carbocycles. The predicted molar refractivity (Wildman–Crippen MR) is 74.9 cm³/mol. The molecule has 0 aromatic heterocycles. The molecule has 1 rings (SSSR count). The molecule has 1 aromatic rings. The summed E-state index contributed by atoms with van der Waals surface area (Å²) in [5.41, 5.74) is 10.4. The van der Waals surface area contributed by atoms with Gasteiger partial charge >= 0.3 is 12.2 Å². The minimum Gasteiger partial charge on any atom is -0.465 e. The van der Waals surface area contributed by atoms with Crippen molar-refractivity contribution >= 4 is 12.2 Å². The highest BCUT2D eigenvalue weighted by Crippen LogP contribution is 1.96. The van der Waals surface area contributed by atoms with Crippen LogP contribution in [-0.4, -0.2) is 23.9 Å². The van der Waals surface area contributed by atoms with Gasteiger partial charge in [0.15, 0.2) is 0 Å². The number of ether oxygens (including phenoxy) is 1. The van der Waals surface area contributed by atoms with E-state index in [0.29, 0.717) is 13.2 Å². The first kappa shape index (κ1) is 17.7. The summed E-state index contributed by atoms with van der Waals surface area (Å²) in [4.78, 5) is 19.9. The van der Waals surface area contributed by atoms with Crippen LogP contribution in [0, 0.1) is 0 Å². The van der Waals surface area contributed by atoms with Crippen LogP contribution in [-0.2, 0) is 11.3 Å². The van der Waals surface area contributed by atoms with Crippen LogP contribution in [0.4, 0.5) is 9.59 Å². The van der Waals surface area contributed by atoms with Gasteiger partial charge in [0.1, 0.15) is 0 Å². The molecule has 20 heavy (non-hydrogen) atoms. The van der Waals surface area contributed by atoms with Crippen LogP contribution in [0.2, 0.25) is 0 Å². The van der Waals surface area contributed by atoms with Crippen molar-refractivity contribution in [1.82, 2.24) is 10.9 Å². The van der Waals surface area contributed by atoms with Crippen molar-refractivity contribution < 1.29 is 19.4 Å². The van der Waals surface area contributed by atoms with Gasteiger partial charge in [-0.15, -0.1) is 0 Å². The molecule has 7 heteroatoms. The molecule has 0 fully saturated rings. The minimum absolute atomic E-state index is 0.426. The summed E-state index contributed by atoms with van der Waals surface area (Å²) in [6.07, 6.45) is 0.154. The third-order valence-corrected chi connectivity index (χ3v) is 2.06. The van der Waals surface area contributed by atoms with Crippen molar-refractivity contribution in [2.24, 2.45) is 5.73 Å². The fraction of sp³-hybridized carbons (Fsp3) is 0.385. The van der Waals surface area contributed by atoms with Crippen LogP contribution in [0.3, 0.4) is 0 Å². The first-order chi connectivity index (χ1) is 9.56. The topological polar surface area (TPSA) is 114 Å². The van der Waals surface area contributed by atoms with Crippen LogP contribution < -0.4 is 16.6 Å². The second-order valence-electron chi connectivity index (χ2n) is 3.79. The lowest BCUT2D eigenvalue weighted by Gasteiger charge is -2.07. The molecule has 0 saturated carbocycles. The molecule has 0 unspecified atom stereocenters. The van der Waals surface area contributed by atoms with E-state index in [1.165, 1.54) is 0 Å². The molecule has 0 aliphatic heterocycles. The average molecular weight is 283 g/mol. The second kappa shape index (κ2) is 11.8. The number of carboxylic acid groups (broad SMARTS) is 1. The minimum atomic E-state index is -1.33. The Labute approximate surface area is 118 Å². The van der Waals surface area contributed by atoms with E-state index in [2.05, 4.69) is 23.5 Å². The summed E-state index contributed by atoms with van der Waals surface area (Å²) in [6.45, 7) is 3.11. The number of hydrazine groups is 1. The Morgan fingerprint density at radius 1 is 1.30 bits per heavy atom. The van der Waals surface area contributed by atoms with E-state index in [9.17, 15) is 4.79 Å². The Morgan fingerprint density at radius 3 is 2.45 bits per heavy atom. The molecule has 0 aliphatic rings. The van der Waals surface area contributed by atoms with E-state index in [1.807, 2.05) is 30.3 Å². The lowest BCUT2D eigenvalue weighted by atomic mass is 10.2.